The third-order valence-electron chi connectivity index (χ3n) is 2.57. The summed E-state index contributed by atoms with van der Waals surface area (Å²) in [4.78, 5) is 3.95. The van der Waals surface area contributed by atoms with Crippen molar-refractivity contribution in [2.75, 3.05) is 7.11 Å². The van der Waals surface area contributed by atoms with E-state index in [1.54, 1.807) is 44.5 Å². The van der Waals surface area contributed by atoms with Gasteiger partial charge in [-0.15, -0.1) is 0 Å². The molecule has 0 spiro atoms. The molecule has 2 rings (SSSR count). The lowest BCUT2D eigenvalue weighted by atomic mass is 10.1. The van der Waals surface area contributed by atoms with Gasteiger partial charge in [-0.2, -0.15) is 0 Å². The van der Waals surface area contributed by atoms with Crippen LogP contribution in [0.25, 0.3) is 0 Å². The quantitative estimate of drug-likeness (QED) is 0.929. The number of aliphatic hydroxyl groups excluding tert-OH is 1. The molecule has 0 radical (unpaired) electrons. The van der Waals surface area contributed by atoms with E-state index in [-0.39, 0.29) is 0 Å². The molecule has 0 unspecified atom stereocenters. The van der Waals surface area contributed by atoms with Crippen molar-refractivity contribution in [2.45, 2.75) is 13.0 Å². The van der Waals surface area contributed by atoms with Gasteiger partial charge in [0.05, 0.1) is 30.0 Å². The first kappa shape index (κ1) is 13.6. The van der Waals surface area contributed by atoms with Crippen molar-refractivity contribution in [3.05, 3.63) is 47.2 Å². The first-order valence-corrected chi connectivity index (χ1v) is 6.13. The molecule has 100 valence electrons. The zero-order chi connectivity index (χ0) is 13.8. The number of ether oxygens (including phenoxy) is 2. The van der Waals surface area contributed by atoms with Crippen molar-refractivity contribution in [2.24, 2.45) is 0 Å². The fraction of sp³-hybridized carbons (Fsp3) is 0.214. The summed E-state index contributed by atoms with van der Waals surface area (Å²) in [5.74, 6) is 1.59. The van der Waals surface area contributed by atoms with E-state index in [1.165, 1.54) is 6.20 Å². The Morgan fingerprint density at radius 2 is 2.00 bits per heavy atom. The molecule has 0 saturated heterocycles. The van der Waals surface area contributed by atoms with Crippen LogP contribution in [0.4, 0.5) is 0 Å². The minimum absolute atomic E-state index is 0.485. The second-order valence-corrected chi connectivity index (χ2v) is 4.43. The summed E-state index contributed by atoms with van der Waals surface area (Å²) in [6.45, 7) is 1.65. The second kappa shape index (κ2) is 5.91. The summed E-state index contributed by atoms with van der Waals surface area (Å²) in [7, 11) is 1.55. The van der Waals surface area contributed by atoms with E-state index >= 15 is 0 Å². The number of halogens is 1. The summed E-state index contributed by atoms with van der Waals surface area (Å²) in [6, 6.07) is 6.97. The summed E-state index contributed by atoms with van der Waals surface area (Å²) >= 11 is 5.86. The molecule has 0 aliphatic rings. The zero-order valence-electron chi connectivity index (χ0n) is 10.6. The Balaban J connectivity index is 2.39. The Hall–Kier alpha value is -1.78. The Morgan fingerprint density at radius 1 is 1.26 bits per heavy atom. The second-order valence-electron chi connectivity index (χ2n) is 3.99. The topological polar surface area (TPSA) is 51.6 Å². The van der Waals surface area contributed by atoms with Gasteiger partial charge in [0.25, 0.3) is 0 Å². The molecule has 0 aliphatic heterocycles. The van der Waals surface area contributed by atoms with Crippen LogP contribution in [0.1, 0.15) is 18.6 Å². The van der Waals surface area contributed by atoms with Crippen molar-refractivity contribution in [1.82, 2.24) is 4.98 Å². The SMILES string of the molecule is COc1cccc(Oc2cncc(Cl)c2)c1[C@@H](C)O. The van der Waals surface area contributed by atoms with Gasteiger partial charge in [-0.1, -0.05) is 17.7 Å². The zero-order valence-corrected chi connectivity index (χ0v) is 11.4. The Kier molecular flexibility index (Phi) is 4.24. The molecular formula is C14H14ClNO3. The molecule has 1 atom stereocenters. The normalized spacial score (nSPS) is 12.0. The van der Waals surface area contributed by atoms with Crippen LogP contribution in [0.2, 0.25) is 5.02 Å². The third-order valence-corrected chi connectivity index (χ3v) is 2.78. The Labute approximate surface area is 116 Å². The minimum Gasteiger partial charge on any atom is -0.496 e. The molecule has 0 aliphatic carbocycles. The molecular weight excluding hydrogens is 266 g/mol. The number of aromatic nitrogens is 1. The number of benzene rings is 1. The van der Waals surface area contributed by atoms with E-state index in [2.05, 4.69) is 4.98 Å². The van der Waals surface area contributed by atoms with Gasteiger partial charge in [0.15, 0.2) is 0 Å². The lowest BCUT2D eigenvalue weighted by Gasteiger charge is -2.16. The maximum Gasteiger partial charge on any atom is 0.147 e. The first-order chi connectivity index (χ1) is 9.11. The molecule has 5 heteroatoms. The average molecular weight is 280 g/mol. The van der Waals surface area contributed by atoms with Gasteiger partial charge < -0.3 is 14.6 Å². The van der Waals surface area contributed by atoms with Crippen LogP contribution in [-0.2, 0) is 0 Å². The number of hydrogen-bond donors (Lipinski definition) is 1. The molecule has 0 bridgehead atoms. The molecule has 2 aromatic rings. The Morgan fingerprint density at radius 3 is 2.63 bits per heavy atom. The van der Waals surface area contributed by atoms with Crippen molar-refractivity contribution in [3.63, 3.8) is 0 Å². The van der Waals surface area contributed by atoms with Gasteiger partial charge in [0.2, 0.25) is 0 Å². The van der Waals surface area contributed by atoms with Crippen LogP contribution in [0.15, 0.2) is 36.7 Å². The highest BCUT2D eigenvalue weighted by Gasteiger charge is 2.16. The highest BCUT2D eigenvalue weighted by atomic mass is 35.5. The van der Waals surface area contributed by atoms with Crippen LogP contribution in [0.3, 0.4) is 0 Å². The van der Waals surface area contributed by atoms with Crippen LogP contribution in [-0.4, -0.2) is 17.2 Å². The maximum atomic E-state index is 9.85. The van der Waals surface area contributed by atoms with Gasteiger partial charge in [0, 0.05) is 12.3 Å². The fourth-order valence-corrected chi connectivity index (χ4v) is 1.94. The van der Waals surface area contributed by atoms with Crippen LogP contribution in [0.5, 0.6) is 17.2 Å². The van der Waals surface area contributed by atoms with Gasteiger partial charge in [0.1, 0.15) is 17.2 Å². The number of methoxy groups -OCH3 is 1. The van der Waals surface area contributed by atoms with Crippen LogP contribution in [0, 0.1) is 0 Å². The predicted molar refractivity (Wildman–Crippen MR) is 72.9 cm³/mol. The number of pyridine rings is 1. The molecule has 4 nitrogen and oxygen atoms in total. The maximum absolute atomic E-state index is 9.85. The van der Waals surface area contributed by atoms with Crippen molar-refractivity contribution in [3.8, 4) is 17.2 Å². The lowest BCUT2D eigenvalue weighted by Crippen LogP contribution is -2.00. The number of nitrogens with zero attached hydrogens (tertiary/aromatic N) is 1. The van der Waals surface area contributed by atoms with Gasteiger partial charge in [-0.25, -0.2) is 0 Å². The Bertz CT molecular complexity index is 572. The smallest absolute Gasteiger partial charge is 0.147 e. The summed E-state index contributed by atoms with van der Waals surface area (Å²) in [5.41, 5.74) is 0.588. The minimum atomic E-state index is -0.710. The highest BCUT2D eigenvalue weighted by molar-refractivity contribution is 6.30. The average Bonchev–Trinajstić information content (AvgIpc) is 2.38. The van der Waals surface area contributed by atoms with E-state index in [4.69, 9.17) is 21.1 Å². The van der Waals surface area contributed by atoms with Crippen molar-refractivity contribution >= 4 is 11.6 Å². The van der Waals surface area contributed by atoms with Crippen LogP contribution < -0.4 is 9.47 Å². The number of rotatable bonds is 4. The molecule has 1 aromatic carbocycles. The molecule has 0 saturated carbocycles. The number of hydrogen-bond acceptors (Lipinski definition) is 4. The van der Waals surface area contributed by atoms with Gasteiger partial charge in [-0.05, 0) is 19.1 Å². The van der Waals surface area contributed by atoms with Crippen LogP contribution >= 0.6 is 11.6 Å². The number of aliphatic hydroxyl groups is 1. The lowest BCUT2D eigenvalue weighted by molar-refractivity contribution is 0.190. The first-order valence-electron chi connectivity index (χ1n) is 5.75. The molecule has 19 heavy (non-hydrogen) atoms. The van der Waals surface area contributed by atoms with Gasteiger partial charge in [-0.3, -0.25) is 4.98 Å². The summed E-state index contributed by atoms with van der Waals surface area (Å²) in [6.07, 6.45) is 2.37. The standard InChI is InChI=1S/C14H14ClNO3/c1-9(17)14-12(18-2)4-3-5-13(14)19-11-6-10(15)7-16-8-11/h3-9,17H,1-2H3/t9-/m1/s1. The molecule has 0 amide bonds. The third kappa shape index (κ3) is 3.16. The fourth-order valence-electron chi connectivity index (χ4n) is 1.78. The summed E-state index contributed by atoms with van der Waals surface area (Å²) in [5, 5.41) is 10.3. The van der Waals surface area contributed by atoms with E-state index in [0.29, 0.717) is 27.8 Å². The monoisotopic (exact) mass is 279 g/mol. The van der Waals surface area contributed by atoms with E-state index < -0.39 is 6.10 Å². The van der Waals surface area contributed by atoms with Gasteiger partial charge >= 0.3 is 0 Å². The highest BCUT2D eigenvalue weighted by Crippen LogP contribution is 2.36. The van der Waals surface area contributed by atoms with E-state index in [0.717, 1.165) is 0 Å². The van der Waals surface area contributed by atoms with E-state index in [9.17, 15) is 5.11 Å². The van der Waals surface area contributed by atoms with Crippen molar-refractivity contribution < 1.29 is 14.6 Å². The molecule has 1 aromatic heterocycles. The summed E-state index contributed by atoms with van der Waals surface area (Å²) < 4.78 is 10.9. The largest absolute Gasteiger partial charge is 0.496 e. The molecule has 0 fully saturated rings. The van der Waals surface area contributed by atoms with E-state index in [1.807, 2.05) is 0 Å². The molecule has 1 N–H and O–H groups in total. The predicted octanol–water partition coefficient (Wildman–Crippen LogP) is 3.59. The molecule has 1 heterocycles. The van der Waals surface area contributed by atoms with Crippen molar-refractivity contribution in [1.29, 1.82) is 0 Å².